The summed E-state index contributed by atoms with van der Waals surface area (Å²) >= 11 is 0. The third-order valence-corrected chi connectivity index (χ3v) is 6.42. The van der Waals surface area contributed by atoms with Crippen LogP contribution in [0.1, 0.15) is 49.8 Å². The van der Waals surface area contributed by atoms with Crippen molar-refractivity contribution in [1.29, 1.82) is 0 Å². The Morgan fingerprint density at radius 2 is 1.80 bits per heavy atom. The average molecular weight is 477 g/mol. The van der Waals surface area contributed by atoms with Crippen LogP contribution < -0.4 is 15.0 Å². The number of fused-ring (bicyclic) bond motifs is 1. The van der Waals surface area contributed by atoms with E-state index in [-0.39, 0.29) is 0 Å². The van der Waals surface area contributed by atoms with Gasteiger partial charge in [0.1, 0.15) is 12.4 Å². The average Bonchev–Trinajstić information content (AvgIpc) is 3.30. The molecule has 3 aromatic rings. The molecule has 1 aliphatic rings. The number of imidazole rings is 1. The van der Waals surface area contributed by atoms with Gasteiger partial charge in [-0.3, -0.25) is 0 Å². The fourth-order valence-electron chi connectivity index (χ4n) is 4.49. The van der Waals surface area contributed by atoms with E-state index < -0.39 is 0 Å². The lowest BCUT2D eigenvalue weighted by Crippen LogP contribution is -2.32. The highest BCUT2D eigenvalue weighted by Gasteiger charge is 2.19. The van der Waals surface area contributed by atoms with Crippen molar-refractivity contribution < 1.29 is 9.47 Å². The third-order valence-electron chi connectivity index (χ3n) is 6.42. The van der Waals surface area contributed by atoms with Gasteiger partial charge in [-0.2, -0.15) is 0 Å². The van der Waals surface area contributed by atoms with Crippen molar-refractivity contribution in [3.63, 3.8) is 0 Å². The van der Waals surface area contributed by atoms with Crippen LogP contribution in [0.15, 0.2) is 61.1 Å². The van der Waals surface area contributed by atoms with E-state index in [1.807, 2.05) is 17.9 Å². The Bertz CT molecular complexity index is 1000. The molecule has 0 atom stereocenters. The van der Waals surface area contributed by atoms with Gasteiger partial charge in [0.15, 0.2) is 0 Å². The van der Waals surface area contributed by atoms with E-state index in [9.17, 15) is 0 Å². The predicted molar refractivity (Wildman–Crippen MR) is 143 cm³/mol. The van der Waals surface area contributed by atoms with Gasteiger partial charge in [0.2, 0.25) is 0 Å². The van der Waals surface area contributed by atoms with Crippen LogP contribution in [0.3, 0.4) is 0 Å². The first kappa shape index (κ1) is 25.1. The van der Waals surface area contributed by atoms with Gasteiger partial charge in [0, 0.05) is 38.7 Å². The smallest absolute Gasteiger partial charge is 0.142 e. The summed E-state index contributed by atoms with van der Waals surface area (Å²) in [6.45, 7) is 5.14. The summed E-state index contributed by atoms with van der Waals surface area (Å²) in [5, 5.41) is 3.59. The molecule has 0 aliphatic carbocycles. The van der Waals surface area contributed by atoms with E-state index >= 15 is 0 Å². The predicted octanol–water partition coefficient (Wildman–Crippen LogP) is 5.83. The number of hydrogen-bond acceptors (Lipinski definition) is 5. The van der Waals surface area contributed by atoms with E-state index in [1.165, 1.54) is 31.2 Å². The summed E-state index contributed by atoms with van der Waals surface area (Å²) in [5.41, 5.74) is 4.80. The number of aryl methyl sites for hydroxylation is 2. The first-order valence-corrected chi connectivity index (χ1v) is 13.1. The van der Waals surface area contributed by atoms with Crippen LogP contribution in [-0.2, 0) is 24.8 Å². The molecule has 2 aromatic carbocycles. The first-order valence-electron chi connectivity index (χ1n) is 13.1. The molecule has 0 unspecified atom stereocenters. The number of anilines is 2. The number of nitrogens with zero attached hydrogens (tertiary/aromatic N) is 3. The Labute approximate surface area is 210 Å². The summed E-state index contributed by atoms with van der Waals surface area (Å²) in [5.74, 6) is 0.956. The van der Waals surface area contributed by atoms with E-state index in [0.29, 0.717) is 6.61 Å². The second-order valence-electron chi connectivity index (χ2n) is 9.38. The van der Waals surface area contributed by atoms with Crippen LogP contribution in [0.4, 0.5) is 11.4 Å². The molecule has 0 radical (unpaired) electrons. The molecular formula is C29H40N4O2. The second kappa shape index (κ2) is 13.8. The van der Waals surface area contributed by atoms with Gasteiger partial charge in [-0.25, -0.2) is 4.98 Å². The summed E-state index contributed by atoms with van der Waals surface area (Å²) in [6, 6.07) is 17.1. The highest BCUT2D eigenvalue weighted by atomic mass is 16.5. The molecule has 0 saturated carbocycles. The summed E-state index contributed by atoms with van der Waals surface area (Å²) < 4.78 is 13.7. The maximum Gasteiger partial charge on any atom is 0.142 e. The molecule has 1 aliphatic heterocycles. The molecule has 1 N–H and O–H groups in total. The number of hydrogen-bond donors (Lipinski definition) is 1. The van der Waals surface area contributed by atoms with E-state index in [2.05, 4.69) is 69.9 Å². The van der Waals surface area contributed by atoms with Crippen molar-refractivity contribution in [2.75, 3.05) is 43.1 Å². The van der Waals surface area contributed by atoms with Gasteiger partial charge >= 0.3 is 0 Å². The van der Waals surface area contributed by atoms with Gasteiger partial charge in [-0.05, 0) is 55.9 Å². The monoisotopic (exact) mass is 476 g/mol. The molecule has 2 heterocycles. The lowest BCUT2D eigenvalue weighted by molar-refractivity contribution is 0.126. The standard InChI is InChI=1S/C29H40N4O2/c1-32-22-27(31-24-32)23-33-17-20-35-29-15-14-26(21-28(29)33)30-16-8-2-3-9-18-34-19-10-7-13-25-11-5-4-6-12-25/h4-6,11-12,14-15,21-22,24,30H,2-3,7-10,13,16-20,23H2,1H3. The van der Waals surface area contributed by atoms with Crippen molar-refractivity contribution in [2.24, 2.45) is 7.05 Å². The molecule has 0 saturated heterocycles. The Hall–Kier alpha value is -2.99. The van der Waals surface area contributed by atoms with Crippen LogP contribution >= 0.6 is 0 Å². The van der Waals surface area contributed by atoms with Crippen molar-refractivity contribution in [3.8, 4) is 5.75 Å². The van der Waals surface area contributed by atoms with E-state index in [0.717, 1.165) is 74.9 Å². The number of nitrogens with one attached hydrogen (secondary N) is 1. The highest BCUT2D eigenvalue weighted by molar-refractivity contribution is 5.67. The topological polar surface area (TPSA) is 51.5 Å². The minimum Gasteiger partial charge on any atom is -0.490 e. The minimum atomic E-state index is 0.712. The number of aromatic nitrogens is 2. The highest BCUT2D eigenvalue weighted by Crippen LogP contribution is 2.34. The zero-order chi connectivity index (χ0) is 24.1. The van der Waals surface area contributed by atoms with Crippen molar-refractivity contribution in [3.05, 3.63) is 72.3 Å². The van der Waals surface area contributed by atoms with Gasteiger partial charge < -0.3 is 24.3 Å². The van der Waals surface area contributed by atoms with Crippen LogP contribution in [0.5, 0.6) is 5.75 Å². The van der Waals surface area contributed by atoms with Gasteiger partial charge in [-0.15, -0.1) is 0 Å². The van der Waals surface area contributed by atoms with Crippen molar-refractivity contribution in [1.82, 2.24) is 9.55 Å². The number of unbranched alkanes of at least 4 members (excludes halogenated alkanes) is 4. The third kappa shape index (κ3) is 8.32. The number of benzene rings is 2. The molecule has 6 nitrogen and oxygen atoms in total. The fraction of sp³-hybridized carbons (Fsp3) is 0.483. The zero-order valence-electron chi connectivity index (χ0n) is 21.1. The lowest BCUT2D eigenvalue weighted by atomic mass is 10.1. The molecule has 0 amide bonds. The molecule has 0 fully saturated rings. The minimum absolute atomic E-state index is 0.712. The van der Waals surface area contributed by atoms with E-state index in [1.54, 1.807) is 0 Å². The Morgan fingerprint density at radius 1 is 0.971 bits per heavy atom. The van der Waals surface area contributed by atoms with Crippen LogP contribution in [0.25, 0.3) is 0 Å². The van der Waals surface area contributed by atoms with Crippen molar-refractivity contribution in [2.45, 2.75) is 51.5 Å². The van der Waals surface area contributed by atoms with Gasteiger partial charge in [0.05, 0.1) is 30.8 Å². The molecule has 0 spiro atoms. The molecule has 35 heavy (non-hydrogen) atoms. The fourth-order valence-corrected chi connectivity index (χ4v) is 4.49. The Kier molecular flexibility index (Phi) is 9.89. The Balaban J connectivity index is 1.06. The zero-order valence-corrected chi connectivity index (χ0v) is 21.1. The molecule has 6 heteroatoms. The SMILES string of the molecule is Cn1cnc(CN2CCOc3ccc(NCCCCCCOCCCCc4ccccc4)cc32)c1. The van der Waals surface area contributed by atoms with Gasteiger partial charge in [-0.1, -0.05) is 43.2 Å². The molecule has 0 bridgehead atoms. The molecule has 4 rings (SSSR count). The molecule has 1 aromatic heterocycles. The Morgan fingerprint density at radius 3 is 2.63 bits per heavy atom. The first-order chi connectivity index (χ1) is 17.3. The van der Waals surface area contributed by atoms with Crippen LogP contribution in [-0.4, -0.2) is 42.5 Å². The quantitative estimate of drug-likeness (QED) is 0.280. The second-order valence-corrected chi connectivity index (χ2v) is 9.38. The molecular weight excluding hydrogens is 436 g/mol. The van der Waals surface area contributed by atoms with Crippen LogP contribution in [0, 0.1) is 0 Å². The largest absolute Gasteiger partial charge is 0.490 e. The van der Waals surface area contributed by atoms with E-state index in [4.69, 9.17) is 9.47 Å². The maximum absolute atomic E-state index is 5.88. The lowest BCUT2D eigenvalue weighted by Gasteiger charge is -2.31. The molecule has 188 valence electrons. The summed E-state index contributed by atoms with van der Waals surface area (Å²) in [6.07, 6.45) is 12.2. The maximum atomic E-state index is 5.88. The van der Waals surface area contributed by atoms with Crippen LogP contribution in [0.2, 0.25) is 0 Å². The number of ether oxygens (including phenoxy) is 2. The summed E-state index contributed by atoms with van der Waals surface area (Å²) in [4.78, 5) is 6.84. The summed E-state index contributed by atoms with van der Waals surface area (Å²) in [7, 11) is 2.01. The normalized spacial score (nSPS) is 12.9. The number of rotatable bonds is 15. The van der Waals surface area contributed by atoms with Gasteiger partial charge in [0.25, 0.3) is 0 Å². The van der Waals surface area contributed by atoms with Crippen molar-refractivity contribution >= 4 is 11.4 Å².